The molecule has 2 unspecified atom stereocenters. The van der Waals surface area contributed by atoms with Crippen molar-refractivity contribution in [3.63, 3.8) is 0 Å². The number of hydrogen-bond acceptors (Lipinski definition) is 5. The first-order valence-corrected chi connectivity index (χ1v) is 4.76. The molecular formula is C8H13N3O3. The van der Waals surface area contributed by atoms with Crippen molar-refractivity contribution in [2.75, 3.05) is 5.43 Å². The van der Waals surface area contributed by atoms with Crippen molar-refractivity contribution >= 4 is 0 Å². The smallest absolute Gasteiger partial charge is 0.255 e. The van der Waals surface area contributed by atoms with Crippen molar-refractivity contribution < 1.29 is 19.5 Å². The van der Waals surface area contributed by atoms with E-state index < -0.39 is 5.95 Å². The largest absolute Gasteiger partial charge is 0.539 e. The third-order valence-corrected chi connectivity index (χ3v) is 2.47. The van der Waals surface area contributed by atoms with E-state index in [9.17, 15) is 10.2 Å². The predicted octanol–water partition coefficient (Wildman–Crippen LogP) is -1.12. The van der Waals surface area contributed by atoms with Gasteiger partial charge >= 0.3 is 0 Å². The van der Waals surface area contributed by atoms with Gasteiger partial charge in [-0.05, 0) is 12.8 Å². The van der Waals surface area contributed by atoms with Gasteiger partial charge in [0, 0.05) is 4.79 Å². The molecule has 1 heterocycles. The lowest BCUT2D eigenvalue weighted by Crippen LogP contribution is -2.55. The third kappa shape index (κ3) is 1.95. The highest BCUT2D eigenvalue weighted by Gasteiger charge is 2.26. The lowest BCUT2D eigenvalue weighted by atomic mass is 9.93. The number of aliphatic hydroxyl groups excluding tert-OH is 1. The highest BCUT2D eigenvalue weighted by atomic mass is 16.6. The first-order chi connectivity index (χ1) is 6.75. The monoisotopic (exact) mass is 199 g/mol. The zero-order chi connectivity index (χ0) is 9.97. The Labute approximate surface area is 81.1 Å². The van der Waals surface area contributed by atoms with Gasteiger partial charge < -0.3 is 14.7 Å². The Kier molecular flexibility index (Phi) is 2.53. The molecule has 0 bridgehead atoms. The lowest BCUT2D eigenvalue weighted by molar-refractivity contribution is -0.723. The molecule has 14 heavy (non-hydrogen) atoms. The van der Waals surface area contributed by atoms with Crippen LogP contribution in [0.15, 0.2) is 10.7 Å². The molecule has 0 saturated heterocycles. The average molecular weight is 199 g/mol. The molecule has 0 spiro atoms. The summed E-state index contributed by atoms with van der Waals surface area (Å²) < 4.78 is 4.35. The molecule has 0 radical (unpaired) electrons. The van der Waals surface area contributed by atoms with Gasteiger partial charge in [0.25, 0.3) is 6.20 Å². The van der Waals surface area contributed by atoms with Gasteiger partial charge in [0.15, 0.2) is 5.95 Å². The van der Waals surface area contributed by atoms with Crippen LogP contribution in [0.25, 0.3) is 0 Å². The SMILES string of the molecule is [O-]c1c[n+](NC2CCCCC2O)no1. The van der Waals surface area contributed by atoms with Crippen LogP contribution in [-0.2, 0) is 0 Å². The standard InChI is InChI=1S/C8H13N3O3/c12-7-4-2-1-3-6(7)9-11-5-8(13)14-10-11/h5-7,12H,1-4H2,(H-,9,10,13). The first kappa shape index (κ1) is 9.26. The van der Waals surface area contributed by atoms with Crippen LogP contribution in [-0.4, -0.2) is 22.5 Å². The van der Waals surface area contributed by atoms with E-state index >= 15 is 0 Å². The summed E-state index contributed by atoms with van der Waals surface area (Å²) >= 11 is 0. The minimum atomic E-state index is -0.497. The number of rotatable bonds is 2. The van der Waals surface area contributed by atoms with Crippen LogP contribution in [0.4, 0.5) is 0 Å². The van der Waals surface area contributed by atoms with Crippen LogP contribution >= 0.6 is 0 Å². The van der Waals surface area contributed by atoms with Gasteiger partial charge in [-0.15, -0.1) is 0 Å². The number of nitrogens with one attached hydrogen (secondary N) is 1. The predicted molar refractivity (Wildman–Crippen MR) is 43.8 cm³/mol. The van der Waals surface area contributed by atoms with Gasteiger partial charge in [0.2, 0.25) is 0 Å². The summed E-state index contributed by atoms with van der Waals surface area (Å²) in [6, 6.07) is -0.0433. The van der Waals surface area contributed by atoms with Crippen molar-refractivity contribution in [3.05, 3.63) is 6.20 Å². The normalized spacial score (nSPS) is 27.5. The van der Waals surface area contributed by atoms with Crippen molar-refractivity contribution in [2.45, 2.75) is 37.8 Å². The van der Waals surface area contributed by atoms with Crippen LogP contribution in [0.2, 0.25) is 0 Å². The van der Waals surface area contributed by atoms with Crippen molar-refractivity contribution in [3.8, 4) is 5.95 Å². The highest BCUT2D eigenvalue weighted by molar-refractivity contribution is 4.86. The Bertz CT molecular complexity index is 302. The fourth-order valence-electron chi connectivity index (χ4n) is 1.72. The Hall–Kier alpha value is -1.30. The molecule has 0 amide bonds. The second-order valence-electron chi connectivity index (χ2n) is 3.55. The highest BCUT2D eigenvalue weighted by Crippen LogP contribution is 2.18. The second kappa shape index (κ2) is 3.83. The maximum absolute atomic E-state index is 10.7. The summed E-state index contributed by atoms with van der Waals surface area (Å²) in [6.07, 6.45) is 4.65. The second-order valence-corrected chi connectivity index (χ2v) is 3.55. The van der Waals surface area contributed by atoms with Crippen LogP contribution in [0, 0.1) is 0 Å². The Balaban J connectivity index is 1.95. The quantitative estimate of drug-likeness (QED) is 0.589. The average Bonchev–Trinajstić information content (AvgIpc) is 2.56. The van der Waals surface area contributed by atoms with Gasteiger partial charge in [-0.3, -0.25) is 0 Å². The summed E-state index contributed by atoms with van der Waals surface area (Å²) in [5, 5.41) is 23.7. The Morgan fingerprint density at radius 2 is 2.36 bits per heavy atom. The third-order valence-electron chi connectivity index (χ3n) is 2.47. The van der Waals surface area contributed by atoms with Crippen molar-refractivity contribution in [1.82, 2.24) is 5.27 Å². The molecule has 1 aromatic rings. The maximum Gasteiger partial charge on any atom is 0.255 e. The van der Waals surface area contributed by atoms with Gasteiger partial charge in [-0.1, -0.05) is 12.8 Å². The van der Waals surface area contributed by atoms with E-state index in [0.717, 1.165) is 25.7 Å². The molecule has 2 rings (SSSR count). The van der Waals surface area contributed by atoms with Crippen LogP contribution in [0.3, 0.4) is 0 Å². The molecule has 1 aromatic heterocycles. The fraction of sp³-hybridized carbons (Fsp3) is 0.750. The molecule has 2 N–H and O–H groups in total. The molecule has 6 nitrogen and oxygen atoms in total. The van der Waals surface area contributed by atoms with Gasteiger partial charge in [0.1, 0.15) is 11.3 Å². The topological polar surface area (TPSA) is 85.2 Å². The van der Waals surface area contributed by atoms with E-state index in [1.54, 1.807) is 0 Å². The number of aromatic nitrogens is 2. The fourth-order valence-corrected chi connectivity index (χ4v) is 1.72. The van der Waals surface area contributed by atoms with Crippen molar-refractivity contribution in [1.29, 1.82) is 0 Å². The van der Waals surface area contributed by atoms with E-state index in [-0.39, 0.29) is 12.1 Å². The van der Waals surface area contributed by atoms with Crippen LogP contribution < -0.4 is 15.3 Å². The Morgan fingerprint density at radius 1 is 1.57 bits per heavy atom. The summed E-state index contributed by atoms with van der Waals surface area (Å²) in [5.74, 6) is -0.497. The molecule has 6 heteroatoms. The number of aliphatic hydroxyl groups is 1. The van der Waals surface area contributed by atoms with Gasteiger partial charge in [0.05, 0.1) is 6.10 Å². The minimum absolute atomic E-state index is 0.0433. The van der Waals surface area contributed by atoms with Crippen LogP contribution in [0.5, 0.6) is 5.95 Å². The van der Waals surface area contributed by atoms with E-state index in [0.29, 0.717) is 0 Å². The molecule has 0 aromatic carbocycles. The van der Waals surface area contributed by atoms with E-state index in [1.807, 2.05) is 0 Å². The van der Waals surface area contributed by atoms with Gasteiger partial charge in [-0.25, -0.2) is 0 Å². The minimum Gasteiger partial charge on any atom is -0.539 e. The molecule has 78 valence electrons. The summed E-state index contributed by atoms with van der Waals surface area (Å²) in [6.45, 7) is 0. The Morgan fingerprint density at radius 3 is 3.00 bits per heavy atom. The molecule has 1 fully saturated rings. The number of nitrogens with zero attached hydrogens (tertiary/aromatic N) is 2. The van der Waals surface area contributed by atoms with E-state index in [2.05, 4.69) is 15.2 Å². The van der Waals surface area contributed by atoms with Crippen LogP contribution in [0.1, 0.15) is 25.7 Å². The summed E-state index contributed by atoms with van der Waals surface area (Å²) in [4.78, 5) is 1.22. The van der Waals surface area contributed by atoms with E-state index in [1.165, 1.54) is 11.0 Å². The molecule has 1 aliphatic rings. The first-order valence-electron chi connectivity index (χ1n) is 4.76. The molecule has 1 saturated carbocycles. The molecular weight excluding hydrogens is 186 g/mol. The van der Waals surface area contributed by atoms with Gasteiger partial charge in [-0.2, -0.15) is 5.43 Å². The summed E-state index contributed by atoms with van der Waals surface area (Å²) in [7, 11) is 0. The zero-order valence-corrected chi connectivity index (χ0v) is 7.72. The maximum atomic E-state index is 10.7. The van der Waals surface area contributed by atoms with E-state index in [4.69, 9.17) is 0 Å². The molecule has 1 aliphatic carbocycles. The lowest BCUT2D eigenvalue weighted by Gasteiger charge is -2.24. The molecule has 0 aliphatic heterocycles. The summed E-state index contributed by atoms with van der Waals surface area (Å²) in [5.41, 5.74) is 2.91. The zero-order valence-electron chi connectivity index (χ0n) is 7.72. The van der Waals surface area contributed by atoms with Crippen molar-refractivity contribution in [2.24, 2.45) is 0 Å². The number of hydrogen-bond donors (Lipinski definition) is 2. The molecule has 2 atom stereocenters.